The second-order valence-electron chi connectivity index (χ2n) is 4.67. The summed E-state index contributed by atoms with van der Waals surface area (Å²) in [5.74, 6) is 0. The zero-order chi connectivity index (χ0) is 13.0. The molecule has 0 saturated heterocycles. The highest BCUT2D eigenvalue weighted by atomic mass is 15.2. The smallest absolute Gasteiger partial charge is 0.0442 e. The maximum atomic E-state index is 3.90. The van der Waals surface area contributed by atoms with Gasteiger partial charge in [-0.05, 0) is 52.3 Å². The lowest BCUT2D eigenvalue weighted by Gasteiger charge is -2.31. The molecule has 0 saturated carbocycles. The average molecular weight is 229 g/mol. The molecular weight excluding hydrogens is 206 g/mol. The van der Waals surface area contributed by atoms with Crippen molar-refractivity contribution in [3.63, 3.8) is 0 Å². The van der Waals surface area contributed by atoms with Gasteiger partial charge in [-0.2, -0.15) is 0 Å². The van der Waals surface area contributed by atoms with E-state index in [0.717, 1.165) is 5.70 Å². The third-order valence-electron chi connectivity index (χ3n) is 2.91. The number of rotatable bonds is 4. The highest BCUT2D eigenvalue weighted by molar-refractivity contribution is 5.60. The molecule has 1 aromatic rings. The van der Waals surface area contributed by atoms with Gasteiger partial charge in [0.05, 0.1) is 0 Å². The minimum absolute atomic E-state index is 0.417. The van der Waals surface area contributed by atoms with Gasteiger partial charge in [0.2, 0.25) is 0 Å². The van der Waals surface area contributed by atoms with E-state index >= 15 is 0 Å². The van der Waals surface area contributed by atoms with Crippen molar-refractivity contribution < 1.29 is 0 Å². The molecule has 17 heavy (non-hydrogen) atoms. The van der Waals surface area contributed by atoms with E-state index in [1.165, 1.54) is 16.8 Å². The van der Waals surface area contributed by atoms with Crippen LogP contribution in [0.15, 0.2) is 42.6 Å². The first-order chi connectivity index (χ1) is 8.01. The van der Waals surface area contributed by atoms with Crippen molar-refractivity contribution in [2.24, 2.45) is 0 Å². The maximum absolute atomic E-state index is 3.90. The average Bonchev–Trinajstić information content (AvgIpc) is 2.26. The van der Waals surface area contributed by atoms with Crippen LogP contribution in [-0.2, 0) is 0 Å². The lowest BCUT2D eigenvalue weighted by atomic mass is 10.1. The molecule has 0 atom stereocenters. The van der Waals surface area contributed by atoms with Crippen molar-refractivity contribution in [1.29, 1.82) is 0 Å². The Morgan fingerprint density at radius 1 is 1.29 bits per heavy atom. The molecule has 1 heteroatoms. The standard InChI is InChI=1S/C16H23N/c1-7-15(8-2)17(12(3)4)16-10-9-13(5)11-14(16)6/h7-12H,1H2,2-6H3/b15-8+. The molecule has 1 nitrogen and oxygen atoms in total. The van der Waals surface area contributed by atoms with Gasteiger partial charge in [0.1, 0.15) is 0 Å². The van der Waals surface area contributed by atoms with Crippen molar-refractivity contribution in [3.05, 3.63) is 53.8 Å². The molecule has 0 radical (unpaired) electrons. The van der Waals surface area contributed by atoms with Crippen LogP contribution in [0.2, 0.25) is 0 Å². The van der Waals surface area contributed by atoms with Crippen molar-refractivity contribution in [2.45, 2.75) is 40.7 Å². The largest absolute Gasteiger partial charge is 0.339 e. The third-order valence-corrected chi connectivity index (χ3v) is 2.91. The summed E-state index contributed by atoms with van der Waals surface area (Å²) in [5, 5.41) is 0. The minimum Gasteiger partial charge on any atom is -0.339 e. The predicted molar refractivity (Wildman–Crippen MR) is 77.5 cm³/mol. The quantitative estimate of drug-likeness (QED) is 0.682. The van der Waals surface area contributed by atoms with Crippen LogP contribution < -0.4 is 4.90 Å². The summed E-state index contributed by atoms with van der Waals surface area (Å²) < 4.78 is 0. The van der Waals surface area contributed by atoms with Crippen molar-refractivity contribution in [3.8, 4) is 0 Å². The summed E-state index contributed by atoms with van der Waals surface area (Å²) >= 11 is 0. The normalized spacial score (nSPS) is 11.8. The highest BCUT2D eigenvalue weighted by Crippen LogP contribution is 2.27. The molecule has 0 bridgehead atoms. The number of hydrogen-bond acceptors (Lipinski definition) is 1. The zero-order valence-electron chi connectivity index (χ0n) is 11.6. The number of aryl methyl sites for hydroxylation is 2. The second-order valence-corrected chi connectivity index (χ2v) is 4.67. The number of nitrogens with zero attached hydrogens (tertiary/aromatic N) is 1. The summed E-state index contributed by atoms with van der Waals surface area (Å²) in [6, 6.07) is 6.99. The molecule has 0 aliphatic rings. The molecule has 0 amide bonds. The Hall–Kier alpha value is -1.50. The van der Waals surface area contributed by atoms with E-state index in [-0.39, 0.29) is 0 Å². The minimum atomic E-state index is 0.417. The molecule has 0 aliphatic heterocycles. The zero-order valence-corrected chi connectivity index (χ0v) is 11.6. The molecule has 0 fully saturated rings. The Bertz CT molecular complexity index is 427. The SMILES string of the molecule is C=C/C(=C\C)N(c1ccc(C)cc1C)C(C)C. The molecule has 0 aliphatic carbocycles. The van der Waals surface area contributed by atoms with Gasteiger partial charge in [-0.1, -0.05) is 30.4 Å². The van der Waals surface area contributed by atoms with E-state index in [1.54, 1.807) is 0 Å². The van der Waals surface area contributed by atoms with Gasteiger partial charge in [0.15, 0.2) is 0 Å². The molecule has 1 rings (SSSR count). The van der Waals surface area contributed by atoms with Crippen LogP contribution in [0, 0.1) is 13.8 Å². The van der Waals surface area contributed by atoms with E-state index in [9.17, 15) is 0 Å². The Kier molecular flexibility index (Phi) is 4.56. The molecular formula is C16H23N. The van der Waals surface area contributed by atoms with Crippen molar-refractivity contribution in [2.75, 3.05) is 4.90 Å². The fraction of sp³-hybridized carbons (Fsp3) is 0.375. The number of hydrogen-bond donors (Lipinski definition) is 0. The fourth-order valence-corrected chi connectivity index (χ4v) is 2.15. The van der Waals surface area contributed by atoms with Gasteiger partial charge in [-0.25, -0.2) is 0 Å². The predicted octanol–water partition coefficient (Wildman–Crippen LogP) is 4.61. The first-order valence-corrected chi connectivity index (χ1v) is 6.16. The van der Waals surface area contributed by atoms with E-state index in [4.69, 9.17) is 0 Å². The Morgan fingerprint density at radius 2 is 1.94 bits per heavy atom. The van der Waals surface area contributed by atoms with E-state index in [1.807, 2.05) is 6.08 Å². The lowest BCUT2D eigenvalue weighted by molar-refractivity contribution is 0.761. The topological polar surface area (TPSA) is 3.24 Å². The Morgan fingerprint density at radius 3 is 2.35 bits per heavy atom. The highest BCUT2D eigenvalue weighted by Gasteiger charge is 2.14. The van der Waals surface area contributed by atoms with Gasteiger partial charge in [-0.15, -0.1) is 0 Å². The van der Waals surface area contributed by atoms with E-state index in [0.29, 0.717) is 6.04 Å². The molecule has 0 spiro atoms. The van der Waals surface area contributed by atoms with Gasteiger partial charge < -0.3 is 4.90 Å². The van der Waals surface area contributed by atoms with Gasteiger partial charge in [0, 0.05) is 17.4 Å². The van der Waals surface area contributed by atoms with Crippen LogP contribution in [0.3, 0.4) is 0 Å². The van der Waals surface area contributed by atoms with Crippen molar-refractivity contribution in [1.82, 2.24) is 0 Å². The summed E-state index contributed by atoms with van der Waals surface area (Å²) in [4.78, 5) is 2.32. The number of benzene rings is 1. The summed E-state index contributed by atoms with van der Waals surface area (Å²) in [6.45, 7) is 14.6. The summed E-state index contributed by atoms with van der Waals surface area (Å²) in [6.07, 6.45) is 4.02. The molecule has 0 N–H and O–H groups in total. The molecule has 1 aromatic carbocycles. The van der Waals surface area contributed by atoms with Crippen LogP contribution in [0.25, 0.3) is 0 Å². The first-order valence-electron chi connectivity index (χ1n) is 6.16. The lowest BCUT2D eigenvalue weighted by Crippen LogP contribution is -2.29. The second kappa shape index (κ2) is 5.72. The van der Waals surface area contributed by atoms with E-state index in [2.05, 4.69) is 70.4 Å². The van der Waals surface area contributed by atoms with E-state index < -0.39 is 0 Å². The molecule has 92 valence electrons. The molecule has 0 heterocycles. The fourth-order valence-electron chi connectivity index (χ4n) is 2.15. The number of anilines is 1. The van der Waals surface area contributed by atoms with Gasteiger partial charge in [-0.3, -0.25) is 0 Å². The van der Waals surface area contributed by atoms with Gasteiger partial charge in [0.25, 0.3) is 0 Å². The Labute approximate surface area is 105 Å². The molecule has 0 unspecified atom stereocenters. The molecule has 0 aromatic heterocycles. The first kappa shape index (κ1) is 13.6. The van der Waals surface area contributed by atoms with Gasteiger partial charge >= 0.3 is 0 Å². The number of allylic oxidation sites excluding steroid dienone is 2. The summed E-state index contributed by atoms with van der Waals surface area (Å²) in [7, 11) is 0. The van der Waals surface area contributed by atoms with Crippen LogP contribution in [-0.4, -0.2) is 6.04 Å². The third kappa shape index (κ3) is 3.00. The van der Waals surface area contributed by atoms with Crippen LogP contribution in [0.5, 0.6) is 0 Å². The van der Waals surface area contributed by atoms with Crippen LogP contribution in [0.1, 0.15) is 31.9 Å². The van der Waals surface area contributed by atoms with Crippen molar-refractivity contribution >= 4 is 5.69 Å². The van der Waals surface area contributed by atoms with Crippen LogP contribution in [0.4, 0.5) is 5.69 Å². The Balaban J connectivity index is 3.28. The monoisotopic (exact) mass is 229 g/mol. The maximum Gasteiger partial charge on any atom is 0.0442 e. The summed E-state index contributed by atoms with van der Waals surface area (Å²) in [5.41, 5.74) is 5.03. The van der Waals surface area contributed by atoms with Crippen LogP contribution >= 0.6 is 0 Å².